The maximum atomic E-state index is 9.57. The van der Waals surface area contributed by atoms with Crippen LogP contribution in [-0.2, 0) is 0 Å². The van der Waals surface area contributed by atoms with E-state index in [2.05, 4.69) is 6.92 Å². The molecule has 1 saturated carbocycles. The topological polar surface area (TPSA) is 66.5 Å². The van der Waals surface area contributed by atoms with Crippen LogP contribution in [0.5, 0.6) is 0 Å². The van der Waals surface area contributed by atoms with Crippen LogP contribution in [-0.4, -0.2) is 10.2 Å². The van der Waals surface area contributed by atoms with Gasteiger partial charge in [-0.1, -0.05) is 6.92 Å². The van der Waals surface area contributed by atoms with Crippen molar-refractivity contribution in [1.29, 1.82) is 0 Å². The van der Waals surface area contributed by atoms with Gasteiger partial charge in [0.2, 0.25) is 0 Å². The predicted octanol–water partition coefficient (Wildman–Crippen LogP) is 1.90. The van der Waals surface area contributed by atoms with Crippen molar-refractivity contribution < 1.29 is 10.2 Å². The quantitative estimate of drug-likeness (QED) is 0.532. The smallest absolute Gasteiger partial charge is 0.123 e. The minimum absolute atomic E-state index is 0.0686. The summed E-state index contributed by atoms with van der Waals surface area (Å²) in [6, 6.07) is 0. The third-order valence-electron chi connectivity index (χ3n) is 2.72. The highest BCUT2D eigenvalue weighted by Gasteiger charge is 2.31. The summed E-state index contributed by atoms with van der Waals surface area (Å²) in [5.41, 5.74) is 8.01. The Hall–Kier alpha value is -1.38. The van der Waals surface area contributed by atoms with Crippen LogP contribution in [0.4, 0.5) is 0 Å². The van der Waals surface area contributed by atoms with Crippen LogP contribution >= 0.6 is 0 Å². The fourth-order valence-corrected chi connectivity index (χ4v) is 1.83. The first-order chi connectivity index (χ1) is 6.09. The largest absolute Gasteiger partial charge is 0.512 e. The molecule has 1 atom stereocenters. The lowest BCUT2D eigenvalue weighted by atomic mass is 9.75. The summed E-state index contributed by atoms with van der Waals surface area (Å²) in [4.78, 5) is 0. The summed E-state index contributed by atoms with van der Waals surface area (Å²) in [6.45, 7) is 2.08. The lowest BCUT2D eigenvalue weighted by Gasteiger charge is -2.30. The van der Waals surface area contributed by atoms with Gasteiger partial charge < -0.3 is 15.9 Å². The maximum Gasteiger partial charge on any atom is 0.123 e. The fourth-order valence-electron chi connectivity index (χ4n) is 1.83. The van der Waals surface area contributed by atoms with E-state index in [0.717, 1.165) is 17.6 Å². The third kappa shape index (κ3) is 1.11. The number of aliphatic hydroxyl groups excluding tert-OH is 2. The van der Waals surface area contributed by atoms with Crippen molar-refractivity contribution in [3.8, 4) is 0 Å². The molecule has 70 valence electrons. The van der Waals surface area contributed by atoms with Crippen molar-refractivity contribution in [1.82, 2.24) is 0 Å². The molecule has 0 spiro atoms. The molecule has 0 radical (unpaired) electrons. The average molecular weight is 179 g/mol. The maximum absolute atomic E-state index is 9.57. The summed E-state index contributed by atoms with van der Waals surface area (Å²) in [6.07, 6.45) is 2.83. The molecule has 3 nitrogen and oxygen atoms in total. The Bertz CT molecular complexity index is 350. The number of aliphatic hydroxyl groups is 2. The van der Waals surface area contributed by atoms with Gasteiger partial charge in [0.05, 0.1) is 12.1 Å². The second kappa shape index (κ2) is 2.55. The Balaban J connectivity index is 2.46. The molecule has 0 amide bonds. The number of rotatable bonds is 0. The van der Waals surface area contributed by atoms with Gasteiger partial charge in [0.15, 0.2) is 0 Å². The van der Waals surface area contributed by atoms with Crippen LogP contribution in [0, 0.1) is 5.92 Å². The molecule has 13 heavy (non-hydrogen) atoms. The van der Waals surface area contributed by atoms with Gasteiger partial charge in [-0.05, 0) is 29.6 Å². The minimum Gasteiger partial charge on any atom is -0.512 e. The van der Waals surface area contributed by atoms with Crippen molar-refractivity contribution in [2.24, 2.45) is 11.7 Å². The Labute approximate surface area is 76.9 Å². The number of nitrogens with two attached hydrogens (primary N) is 1. The first-order valence-corrected chi connectivity index (χ1v) is 4.40. The Morgan fingerprint density at radius 2 is 2.08 bits per heavy atom. The molecular formula is C10H13NO2. The van der Waals surface area contributed by atoms with Gasteiger partial charge in [0.25, 0.3) is 0 Å². The Kier molecular flexibility index (Phi) is 1.62. The van der Waals surface area contributed by atoms with Gasteiger partial charge in [0, 0.05) is 0 Å². The number of fused-ring (bicyclic) bond motifs is 1. The van der Waals surface area contributed by atoms with Crippen molar-refractivity contribution in [3.05, 3.63) is 34.4 Å². The van der Waals surface area contributed by atoms with Gasteiger partial charge in [-0.2, -0.15) is 0 Å². The standard InChI is InChI=1S/C10H13NO2/c1-5-2-7-6(5)3-8(11)10(13)4-9(7)12/h3,5,12-13H,2,4,11H2,1H3. The number of hydrogen-bond acceptors (Lipinski definition) is 3. The van der Waals surface area contributed by atoms with Crippen LogP contribution in [0.15, 0.2) is 34.4 Å². The average Bonchev–Trinajstić information content (AvgIpc) is 2.15. The Morgan fingerprint density at radius 3 is 2.69 bits per heavy atom. The fraction of sp³-hybridized carbons (Fsp3) is 0.400. The van der Waals surface area contributed by atoms with E-state index in [1.165, 1.54) is 0 Å². The molecule has 0 bridgehead atoms. The van der Waals surface area contributed by atoms with E-state index in [4.69, 9.17) is 5.73 Å². The highest BCUT2D eigenvalue weighted by Crippen LogP contribution is 2.43. The highest BCUT2D eigenvalue weighted by molar-refractivity contribution is 5.50. The monoisotopic (exact) mass is 179 g/mol. The molecule has 1 fully saturated rings. The molecule has 0 aliphatic heterocycles. The normalized spacial score (nSPS) is 27.8. The first kappa shape index (κ1) is 8.23. The third-order valence-corrected chi connectivity index (χ3v) is 2.72. The van der Waals surface area contributed by atoms with E-state index in [-0.39, 0.29) is 17.9 Å². The summed E-state index contributed by atoms with van der Waals surface area (Å²) in [5.74, 6) is 0.781. The van der Waals surface area contributed by atoms with Crippen LogP contribution in [0.2, 0.25) is 0 Å². The summed E-state index contributed by atoms with van der Waals surface area (Å²) >= 11 is 0. The Morgan fingerprint density at radius 1 is 1.38 bits per heavy atom. The van der Waals surface area contributed by atoms with E-state index in [1.807, 2.05) is 0 Å². The summed E-state index contributed by atoms with van der Waals surface area (Å²) in [7, 11) is 0. The van der Waals surface area contributed by atoms with Gasteiger partial charge in [-0.25, -0.2) is 0 Å². The molecular weight excluding hydrogens is 166 g/mol. The second-order valence-electron chi connectivity index (χ2n) is 3.71. The van der Waals surface area contributed by atoms with Crippen molar-refractivity contribution in [2.45, 2.75) is 19.8 Å². The van der Waals surface area contributed by atoms with Gasteiger partial charge in [-0.3, -0.25) is 0 Å². The van der Waals surface area contributed by atoms with Crippen molar-refractivity contribution in [3.63, 3.8) is 0 Å². The minimum atomic E-state index is 0.0686. The zero-order valence-electron chi connectivity index (χ0n) is 7.54. The van der Waals surface area contributed by atoms with Gasteiger partial charge in [-0.15, -0.1) is 0 Å². The lowest BCUT2D eigenvalue weighted by Crippen LogP contribution is -2.17. The number of allylic oxidation sites excluding steroid dienone is 3. The van der Waals surface area contributed by atoms with E-state index in [9.17, 15) is 10.2 Å². The van der Waals surface area contributed by atoms with E-state index in [1.54, 1.807) is 6.08 Å². The molecule has 2 aliphatic carbocycles. The molecule has 0 aromatic rings. The van der Waals surface area contributed by atoms with Crippen LogP contribution in [0.3, 0.4) is 0 Å². The van der Waals surface area contributed by atoms with Crippen molar-refractivity contribution >= 4 is 0 Å². The molecule has 2 aliphatic rings. The number of hydrogen-bond donors (Lipinski definition) is 3. The highest BCUT2D eigenvalue weighted by atomic mass is 16.3. The zero-order valence-corrected chi connectivity index (χ0v) is 7.54. The first-order valence-electron chi connectivity index (χ1n) is 4.40. The molecule has 1 unspecified atom stereocenters. The zero-order chi connectivity index (χ0) is 9.59. The van der Waals surface area contributed by atoms with E-state index < -0.39 is 0 Å². The van der Waals surface area contributed by atoms with Crippen LogP contribution in [0.1, 0.15) is 19.8 Å². The molecule has 0 heterocycles. The van der Waals surface area contributed by atoms with Gasteiger partial charge in [0.1, 0.15) is 11.5 Å². The summed E-state index contributed by atoms with van der Waals surface area (Å²) in [5, 5.41) is 19.0. The van der Waals surface area contributed by atoms with Crippen LogP contribution < -0.4 is 5.73 Å². The van der Waals surface area contributed by atoms with Gasteiger partial charge >= 0.3 is 0 Å². The van der Waals surface area contributed by atoms with Crippen LogP contribution in [0.25, 0.3) is 0 Å². The molecule has 0 aromatic carbocycles. The molecule has 0 aromatic heterocycles. The summed E-state index contributed by atoms with van der Waals surface area (Å²) < 4.78 is 0. The lowest BCUT2D eigenvalue weighted by molar-refractivity contribution is 0.330. The van der Waals surface area contributed by atoms with E-state index >= 15 is 0 Å². The molecule has 2 rings (SSSR count). The second-order valence-corrected chi connectivity index (χ2v) is 3.71. The molecule has 3 heteroatoms. The predicted molar refractivity (Wildman–Crippen MR) is 50.0 cm³/mol. The molecule has 0 saturated heterocycles. The van der Waals surface area contributed by atoms with Crippen molar-refractivity contribution in [2.75, 3.05) is 0 Å². The van der Waals surface area contributed by atoms with E-state index in [0.29, 0.717) is 11.6 Å². The SMILES string of the molecule is CC1CC2=C(O)CC(O)=C(N)C=C21. The molecule has 4 N–H and O–H groups in total.